The van der Waals surface area contributed by atoms with Crippen LogP contribution in [-0.2, 0) is 10.0 Å². The molecule has 0 saturated heterocycles. The maximum Gasteiger partial charge on any atom is 0.233 e. The molecule has 1 aliphatic rings. The van der Waals surface area contributed by atoms with Gasteiger partial charge in [0.25, 0.3) is 0 Å². The third kappa shape index (κ3) is 3.26. The van der Waals surface area contributed by atoms with Crippen molar-refractivity contribution in [3.05, 3.63) is 22.7 Å². The molecule has 0 aromatic heterocycles. The van der Waals surface area contributed by atoms with E-state index in [0.717, 1.165) is 12.8 Å². The number of hydrogen-bond acceptors (Lipinski definition) is 3. The van der Waals surface area contributed by atoms with Gasteiger partial charge >= 0.3 is 0 Å². The highest BCUT2D eigenvalue weighted by molar-refractivity contribution is 7.92. The number of aromatic hydroxyl groups is 1. The number of phenols is 1. The topological polar surface area (TPSA) is 66.4 Å². The second-order valence-corrected chi connectivity index (χ2v) is 6.65. The quantitative estimate of drug-likeness (QED) is 0.830. The maximum absolute atomic E-state index is 11.8. The van der Waals surface area contributed by atoms with Gasteiger partial charge in [0.2, 0.25) is 10.0 Å². The van der Waals surface area contributed by atoms with Crippen molar-refractivity contribution in [1.82, 2.24) is 0 Å². The molecule has 0 bridgehead atoms. The van der Waals surface area contributed by atoms with Crippen LogP contribution in [0.1, 0.15) is 18.4 Å². The summed E-state index contributed by atoms with van der Waals surface area (Å²) >= 11 is 5.82. The fourth-order valence-electron chi connectivity index (χ4n) is 1.62. The van der Waals surface area contributed by atoms with Crippen LogP contribution >= 0.6 is 11.6 Å². The van der Waals surface area contributed by atoms with E-state index in [9.17, 15) is 13.5 Å². The zero-order valence-corrected chi connectivity index (χ0v) is 11.0. The molecule has 0 unspecified atom stereocenters. The Balaban J connectivity index is 2.22. The lowest BCUT2D eigenvalue weighted by atomic mass is 10.2. The summed E-state index contributed by atoms with van der Waals surface area (Å²) < 4.78 is 25.9. The highest BCUT2D eigenvalue weighted by atomic mass is 35.5. The maximum atomic E-state index is 11.8. The summed E-state index contributed by atoms with van der Waals surface area (Å²) in [5, 5.41) is 10.1. The van der Waals surface area contributed by atoms with Crippen molar-refractivity contribution in [1.29, 1.82) is 0 Å². The zero-order chi connectivity index (χ0) is 12.6. The monoisotopic (exact) mass is 275 g/mol. The average molecular weight is 276 g/mol. The van der Waals surface area contributed by atoms with Crippen molar-refractivity contribution in [3.8, 4) is 5.75 Å². The molecular formula is C11H14ClNO3S. The lowest BCUT2D eigenvalue weighted by molar-refractivity contribution is 0.473. The first-order valence-electron chi connectivity index (χ1n) is 5.37. The zero-order valence-electron chi connectivity index (χ0n) is 9.40. The van der Waals surface area contributed by atoms with Gasteiger partial charge in [-0.2, -0.15) is 0 Å². The number of halogens is 1. The predicted octanol–water partition coefficient (Wildman–Crippen LogP) is 2.51. The second kappa shape index (κ2) is 4.38. The first-order valence-corrected chi connectivity index (χ1v) is 7.40. The molecule has 2 N–H and O–H groups in total. The van der Waals surface area contributed by atoms with Gasteiger partial charge in [-0.1, -0.05) is 11.6 Å². The van der Waals surface area contributed by atoms with Gasteiger partial charge in [-0.3, -0.25) is 4.72 Å². The van der Waals surface area contributed by atoms with E-state index in [1.807, 2.05) is 0 Å². The molecule has 0 atom stereocenters. The van der Waals surface area contributed by atoms with E-state index in [1.165, 1.54) is 6.07 Å². The van der Waals surface area contributed by atoms with Crippen LogP contribution in [0.25, 0.3) is 0 Å². The van der Waals surface area contributed by atoms with Gasteiger partial charge < -0.3 is 5.11 Å². The Bertz CT molecular complexity index is 538. The van der Waals surface area contributed by atoms with Crippen LogP contribution in [0.3, 0.4) is 0 Å². The molecular weight excluding hydrogens is 262 g/mol. The normalized spacial score (nSPS) is 15.9. The Morgan fingerprint density at radius 2 is 2.12 bits per heavy atom. The van der Waals surface area contributed by atoms with Crippen LogP contribution in [-0.4, -0.2) is 19.3 Å². The summed E-state index contributed by atoms with van der Waals surface area (Å²) in [5.74, 6) is 0.293. The largest absolute Gasteiger partial charge is 0.505 e. The summed E-state index contributed by atoms with van der Waals surface area (Å²) in [5.41, 5.74) is 0.692. The Kier molecular flexibility index (Phi) is 3.23. The lowest BCUT2D eigenvalue weighted by Crippen LogP contribution is -2.18. The van der Waals surface area contributed by atoms with Gasteiger partial charge in [-0.05, 0) is 43.4 Å². The fourth-order valence-corrected chi connectivity index (χ4v) is 3.42. The first-order chi connectivity index (χ1) is 7.87. The molecule has 1 aromatic carbocycles. The standard InChI is InChI=1S/C11H14ClNO3S/c1-7-4-9(12)5-10(11(7)14)13-17(15,16)6-8-2-3-8/h4-5,8,13-14H,2-3,6H2,1H3. The molecule has 0 spiro atoms. The van der Waals surface area contributed by atoms with Gasteiger partial charge in [-0.25, -0.2) is 8.42 Å². The van der Waals surface area contributed by atoms with E-state index in [4.69, 9.17) is 11.6 Å². The van der Waals surface area contributed by atoms with Crippen molar-refractivity contribution in [2.75, 3.05) is 10.5 Å². The Morgan fingerprint density at radius 3 is 2.71 bits per heavy atom. The van der Waals surface area contributed by atoms with Crippen molar-refractivity contribution in [2.24, 2.45) is 5.92 Å². The molecule has 1 saturated carbocycles. The van der Waals surface area contributed by atoms with E-state index >= 15 is 0 Å². The summed E-state index contributed by atoms with van der Waals surface area (Å²) in [4.78, 5) is 0. The third-order valence-corrected chi connectivity index (χ3v) is 4.34. The number of benzene rings is 1. The number of sulfonamides is 1. The number of nitrogens with one attached hydrogen (secondary N) is 1. The molecule has 94 valence electrons. The summed E-state index contributed by atoms with van der Waals surface area (Å²) in [6.45, 7) is 1.67. The summed E-state index contributed by atoms with van der Waals surface area (Å²) in [6, 6.07) is 2.99. The average Bonchev–Trinajstić information content (AvgIpc) is 2.95. The molecule has 2 rings (SSSR count). The van der Waals surface area contributed by atoms with Crippen LogP contribution in [0.5, 0.6) is 5.75 Å². The minimum absolute atomic E-state index is 0.0752. The van der Waals surface area contributed by atoms with Crippen molar-refractivity contribution in [2.45, 2.75) is 19.8 Å². The van der Waals surface area contributed by atoms with Gasteiger partial charge in [0, 0.05) is 5.02 Å². The second-order valence-electron chi connectivity index (χ2n) is 4.45. The van der Waals surface area contributed by atoms with Crippen LogP contribution in [0.2, 0.25) is 5.02 Å². The Labute approximate surface area is 106 Å². The molecule has 1 aromatic rings. The van der Waals surface area contributed by atoms with E-state index < -0.39 is 10.0 Å². The SMILES string of the molecule is Cc1cc(Cl)cc(NS(=O)(=O)CC2CC2)c1O. The van der Waals surface area contributed by atoms with Gasteiger partial charge in [0.15, 0.2) is 0 Å². The van der Waals surface area contributed by atoms with Crippen molar-refractivity contribution < 1.29 is 13.5 Å². The number of rotatable bonds is 4. The Morgan fingerprint density at radius 1 is 1.47 bits per heavy atom. The van der Waals surface area contributed by atoms with E-state index in [2.05, 4.69) is 4.72 Å². The van der Waals surface area contributed by atoms with Crippen LogP contribution < -0.4 is 4.72 Å². The minimum atomic E-state index is -3.40. The smallest absolute Gasteiger partial charge is 0.233 e. The van der Waals surface area contributed by atoms with Crippen molar-refractivity contribution in [3.63, 3.8) is 0 Å². The van der Waals surface area contributed by atoms with Crippen LogP contribution in [0, 0.1) is 12.8 Å². The summed E-state index contributed by atoms with van der Waals surface area (Å²) in [7, 11) is -3.40. The van der Waals surface area contributed by atoms with E-state index in [0.29, 0.717) is 10.6 Å². The van der Waals surface area contributed by atoms with E-state index in [-0.39, 0.29) is 23.1 Å². The van der Waals surface area contributed by atoms with Gasteiger partial charge in [0.1, 0.15) is 5.75 Å². The lowest BCUT2D eigenvalue weighted by Gasteiger charge is -2.11. The molecule has 1 fully saturated rings. The molecule has 4 nitrogen and oxygen atoms in total. The van der Waals surface area contributed by atoms with Crippen LogP contribution in [0.4, 0.5) is 5.69 Å². The molecule has 17 heavy (non-hydrogen) atoms. The molecule has 0 radical (unpaired) electrons. The predicted molar refractivity (Wildman–Crippen MR) is 68.0 cm³/mol. The molecule has 0 amide bonds. The minimum Gasteiger partial charge on any atom is -0.505 e. The molecule has 6 heteroatoms. The first kappa shape index (κ1) is 12.5. The number of anilines is 1. The van der Waals surface area contributed by atoms with Crippen LogP contribution in [0.15, 0.2) is 12.1 Å². The summed E-state index contributed by atoms with van der Waals surface area (Å²) in [6.07, 6.45) is 1.92. The van der Waals surface area contributed by atoms with Gasteiger partial charge in [0.05, 0.1) is 11.4 Å². The third-order valence-electron chi connectivity index (χ3n) is 2.68. The number of aryl methyl sites for hydroxylation is 1. The molecule has 1 aliphatic carbocycles. The Hall–Kier alpha value is -0.940. The number of phenolic OH excluding ortho intramolecular Hbond substituents is 1. The highest BCUT2D eigenvalue weighted by Crippen LogP contribution is 2.34. The van der Waals surface area contributed by atoms with E-state index in [1.54, 1.807) is 13.0 Å². The highest BCUT2D eigenvalue weighted by Gasteiger charge is 2.28. The van der Waals surface area contributed by atoms with Gasteiger partial charge in [-0.15, -0.1) is 0 Å². The fraction of sp³-hybridized carbons (Fsp3) is 0.455. The number of hydrogen-bond donors (Lipinski definition) is 2. The molecule has 0 heterocycles. The van der Waals surface area contributed by atoms with Crippen molar-refractivity contribution >= 4 is 27.3 Å². The molecule has 0 aliphatic heterocycles.